The maximum absolute atomic E-state index is 5.76. The summed E-state index contributed by atoms with van der Waals surface area (Å²) in [6.45, 7) is 4.35. The SMILES string of the molecule is CSc1ccc(C(C)CCC(C)N)cc1. The van der Waals surface area contributed by atoms with Gasteiger partial charge in [0.25, 0.3) is 0 Å². The fraction of sp³-hybridized carbons (Fsp3) is 0.538. The number of hydrogen-bond acceptors (Lipinski definition) is 2. The molecule has 0 spiro atoms. The van der Waals surface area contributed by atoms with Crippen molar-refractivity contribution in [2.45, 2.75) is 43.5 Å². The second kappa shape index (κ2) is 6.19. The predicted molar refractivity (Wildman–Crippen MR) is 69.5 cm³/mol. The van der Waals surface area contributed by atoms with E-state index in [9.17, 15) is 0 Å². The Morgan fingerprint density at radius 3 is 2.20 bits per heavy atom. The molecule has 2 N–H and O–H groups in total. The van der Waals surface area contributed by atoms with Gasteiger partial charge in [-0.1, -0.05) is 19.1 Å². The van der Waals surface area contributed by atoms with Gasteiger partial charge in [-0.2, -0.15) is 0 Å². The Labute approximate surface area is 97.4 Å². The summed E-state index contributed by atoms with van der Waals surface area (Å²) in [6.07, 6.45) is 4.39. The van der Waals surface area contributed by atoms with Crippen LogP contribution in [-0.4, -0.2) is 12.3 Å². The maximum atomic E-state index is 5.76. The van der Waals surface area contributed by atoms with Gasteiger partial charge in [0.15, 0.2) is 0 Å². The Bertz CT molecular complexity index is 279. The van der Waals surface area contributed by atoms with Crippen molar-refractivity contribution in [3.63, 3.8) is 0 Å². The Morgan fingerprint density at radius 2 is 1.73 bits per heavy atom. The van der Waals surface area contributed by atoms with E-state index in [2.05, 4.69) is 44.4 Å². The smallest absolute Gasteiger partial charge is 0.00693 e. The van der Waals surface area contributed by atoms with Gasteiger partial charge in [0, 0.05) is 10.9 Å². The fourth-order valence-corrected chi connectivity index (χ4v) is 2.02. The third-order valence-corrected chi connectivity index (χ3v) is 3.48. The van der Waals surface area contributed by atoms with E-state index in [0.717, 1.165) is 6.42 Å². The fourth-order valence-electron chi connectivity index (χ4n) is 1.61. The Balaban J connectivity index is 2.54. The Morgan fingerprint density at radius 1 is 1.13 bits per heavy atom. The van der Waals surface area contributed by atoms with Crippen molar-refractivity contribution in [2.75, 3.05) is 6.26 Å². The van der Waals surface area contributed by atoms with Crippen LogP contribution in [0.25, 0.3) is 0 Å². The van der Waals surface area contributed by atoms with Crippen LogP contribution in [0.2, 0.25) is 0 Å². The molecule has 1 aromatic rings. The number of rotatable bonds is 5. The molecule has 84 valence electrons. The van der Waals surface area contributed by atoms with Crippen LogP contribution < -0.4 is 5.73 Å². The lowest BCUT2D eigenvalue weighted by Crippen LogP contribution is -2.15. The first-order valence-electron chi connectivity index (χ1n) is 5.53. The van der Waals surface area contributed by atoms with E-state index in [1.807, 2.05) is 0 Å². The van der Waals surface area contributed by atoms with Gasteiger partial charge in [-0.05, 0) is 49.6 Å². The summed E-state index contributed by atoms with van der Waals surface area (Å²) < 4.78 is 0. The molecular weight excluding hydrogens is 202 g/mol. The van der Waals surface area contributed by atoms with Crippen LogP contribution in [0.4, 0.5) is 0 Å². The van der Waals surface area contributed by atoms with E-state index in [1.54, 1.807) is 11.8 Å². The Kier molecular flexibility index (Phi) is 5.20. The maximum Gasteiger partial charge on any atom is 0.00693 e. The van der Waals surface area contributed by atoms with Gasteiger partial charge in [0.05, 0.1) is 0 Å². The zero-order chi connectivity index (χ0) is 11.3. The topological polar surface area (TPSA) is 26.0 Å². The first-order valence-corrected chi connectivity index (χ1v) is 6.75. The summed E-state index contributed by atoms with van der Waals surface area (Å²) in [5, 5.41) is 0. The molecule has 1 aromatic carbocycles. The molecule has 15 heavy (non-hydrogen) atoms. The van der Waals surface area contributed by atoms with Gasteiger partial charge in [-0.25, -0.2) is 0 Å². The molecule has 2 heteroatoms. The van der Waals surface area contributed by atoms with Crippen LogP contribution in [-0.2, 0) is 0 Å². The van der Waals surface area contributed by atoms with E-state index in [1.165, 1.54) is 16.9 Å². The van der Waals surface area contributed by atoms with Crippen LogP contribution in [0.1, 0.15) is 38.2 Å². The van der Waals surface area contributed by atoms with Crippen molar-refractivity contribution >= 4 is 11.8 Å². The molecule has 0 aromatic heterocycles. The number of thioether (sulfide) groups is 1. The number of nitrogens with two attached hydrogens (primary N) is 1. The minimum atomic E-state index is 0.318. The molecule has 2 atom stereocenters. The third kappa shape index (κ3) is 4.27. The third-order valence-electron chi connectivity index (χ3n) is 2.74. The minimum absolute atomic E-state index is 0.318. The van der Waals surface area contributed by atoms with Gasteiger partial charge in [0.1, 0.15) is 0 Å². The van der Waals surface area contributed by atoms with Crippen molar-refractivity contribution < 1.29 is 0 Å². The van der Waals surface area contributed by atoms with Gasteiger partial charge < -0.3 is 5.73 Å². The highest BCUT2D eigenvalue weighted by atomic mass is 32.2. The zero-order valence-electron chi connectivity index (χ0n) is 9.86. The summed E-state index contributed by atoms with van der Waals surface area (Å²) in [6, 6.07) is 9.18. The van der Waals surface area contributed by atoms with Gasteiger partial charge >= 0.3 is 0 Å². The predicted octanol–water partition coefficient (Wildman–Crippen LogP) is 3.64. The molecule has 0 aliphatic heterocycles. The molecular formula is C13H21NS. The summed E-state index contributed by atoms with van der Waals surface area (Å²) in [5.41, 5.74) is 7.19. The minimum Gasteiger partial charge on any atom is -0.328 e. The average molecular weight is 223 g/mol. The molecule has 0 fully saturated rings. The van der Waals surface area contributed by atoms with Crippen LogP contribution >= 0.6 is 11.8 Å². The van der Waals surface area contributed by atoms with Crippen molar-refractivity contribution in [1.82, 2.24) is 0 Å². The van der Waals surface area contributed by atoms with Crippen molar-refractivity contribution in [1.29, 1.82) is 0 Å². The molecule has 1 rings (SSSR count). The Hall–Kier alpha value is -0.470. The molecule has 0 saturated heterocycles. The van der Waals surface area contributed by atoms with Crippen molar-refractivity contribution in [3.05, 3.63) is 29.8 Å². The summed E-state index contributed by atoms with van der Waals surface area (Å²) in [4.78, 5) is 1.33. The van der Waals surface area contributed by atoms with E-state index < -0.39 is 0 Å². The highest BCUT2D eigenvalue weighted by Crippen LogP contribution is 2.23. The molecule has 0 aliphatic rings. The van der Waals surface area contributed by atoms with Gasteiger partial charge in [-0.15, -0.1) is 11.8 Å². The summed E-state index contributed by atoms with van der Waals surface area (Å²) in [7, 11) is 0. The lowest BCUT2D eigenvalue weighted by atomic mass is 9.95. The standard InChI is InChI=1S/C13H21NS/c1-10(4-5-11(2)14)12-6-8-13(15-3)9-7-12/h6-11H,4-5,14H2,1-3H3. The monoisotopic (exact) mass is 223 g/mol. The molecule has 0 saturated carbocycles. The second-order valence-corrected chi connectivity index (χ2v) is 5.11. The van der Waals surface area contributed by atoms with E-state index >= 15 is 0 Å². The van der Waals surface area contributed by atoms with Crippen LogP contribution in [0.3, 0.4) is 0 Å². The lowest BCUT2D eigenvalue weighted by molar-refractivity contribution is 0.568. The van der Waals surface area contributed by atoms with Crippen LogP contribution in [0, 0.1) is 0 Å². The quantitative estimate of drug-likeness (QED) is 0.771. The summed E-state index contributed by atoms with van der Waals surface area (Å²) in [5.74, 6) is 0.618. The molecule has 0 bridgehead atoms. The first kappa shape index (κ1) is 12.6. The molecule has 0 amide bonds. The molecule has 0 heterocycles. The van der Waals surface area contributed by atoms with E-state index in [-0.39, 0.29) is 0 Å². The molecule has 1 nitrogen and oxygen atoms in total. The largest absolute Gasteiger partial charge is 0.328 e. The van der Waals surface area contributed by atoms with E-state index in [4.69, 9.17) is 5.73 Å². The highest BCUT2D eigenvalue weighted by Gasteiger charge is 2.06. The summed E-state index contributed by atoms with van der Waals surface area (Å²) >= 11 is 1.79. The van der Waals surface area contributed by atoms with Crippen LogP contribution in [0.15, 0.2) is 29.2 Å². The normalized spacial score (nSPS) is 14.9. The second-order valence-electron chi connectivity index (χ2n) is 4.23. The number of hydrogen-bond donors (Lipinski definition) is 1. The average Bonchev–Trinajstić information content (AvgIpc) is 2.26. The molecule has 2 unspecified atom stereocenters. The van der Waals surface area contributed by atoms with Crippen LogP contribution in [0.5, 0.6) is 0 Å². The van der Waals surface area contributed by atoms with Crippen molar-refractivity contribution in [2.24, 2.45) is 5.73 Å². The van der Waals surface area contributed by atoms with Gasteiger partial charge in [-0.3, -0.25) is 0 Å². The zero-order valence-corrected chi connectivity index (χ0v) is 10.7. The van der Waals surface area contributed by atoms with Crippen molar-refractivity contribution in [3.8, 4) is 0 Å². The highest BCUT2D eigenvalue weighted by molar-refractivity contribution is 7.98. The van der Waals surface area contributed by atoms with E-state index in [0.29, 0.717) is 12.0 Å². The lowest BCUT2D eigenvalue weighted by Gasteiger charge is -2.13. The molecule has 0 aliphatic carbocycles. The molecule has 0 radical (unpaired) electrons. The first-order chi connectivity index (χ1) is 7.13. The number of benzene rings is 1. The van der Waals surface area contributed by atoms with Gasteiger partial charge in [0.2, 0.25) is 0 Å².